The Morgan fingerprint density at radius 2 is 0.610 bits per heavy atom. The summed E-state index contributed by atoms with van der Waals surface area (Å²) in [6.45, 7) is 4.99. The second-order valence-electron chi connectivity index (χ2n) is 24.6. The second kappa shape index (κ2) is 67.1. The van der Waals surface area contributed by atoms with Crippen LogP contribution in [0.4, 0.5) is 0 Å². The Morgan fingerprint density at radius 1 is 0.351 bits per heavy atom. The van der Waals surface area contributed by atoms with Gasteiger partial charge in [0.2, 0.25) is 5.91 Å². The van der Waals surface area contributed by atoms with E-state index in [4.69, 9.17) is 4.74 Å². The number of nitrogens with one attached hydrogen (secondary N) is 1. The summed E-state index contributed by atoms with van der Waals surface area (Å²) in [4.78, 5) is 24.6. The van der Waals surface area contributed by atoms with Crippen LogP contribution in [0.15, 0.2) is 12.2 Å². The van der Waals surface area contributed by atoms with E-state index in [1.54, 1.807) is 0 Å². The lowest BCUT2D eigenvalue weighted by molar-refractivity contribution is -0.143. The van der Waals surface area contributed by atoms with Crippen molar-refractivity contribution in [3.05, 3.63) is 12.2 Å². The number of carbonyl (C=O) groups is 2. The zero-order chi connectivity index (χ0) is 55.7. The number of unbranched alkanes of at least 4 members (excludes halogenated alkanes) is 54. The molecular formula is C71H139NO5. The van der Waals surface area contributed by atoms with Crippen molar-refractivity contribution in [2.24, 2.45) is 0 Å². The molecule has 0 rings (SSSR count). The number of allylic oxidation sites excluding steroid dienone is 2. The Kier molecular flexibility index (Phi) is 65.9. The molecule has 0 heterocycles. The van der Waals surface area contributed by atoms with Crippen LogP contribution in [0.3, 0.4) is 0 Å². The van der Waals surface area contributed by atoms with Gasteiger partial charge in [0.1, 0.15) is 0 Å². The van der Waals surface area contributed by atoms with E-state index >= 15 is 0 Å². The summed E-state index contributed by atoms with van der Waals surface area (Å²) >= 11 is 0. The first kappa shape index (κ1) is 75.6. The van der Waals surface area contributed by atoms with E-state index in [1.165, 1.54) is 334 Å². The lowest BCUT2D eigenvalue weighted by Gasteiger charge is -2.22. The first-order valence-corrected chi connectivity index (χ1v) is 35.4. The summed E-state index contributed by atoms with van der Waals surface area (Å²) in [7, 11) is 0. The van der Waals surface area contributed by atoms with Gasteiger partial charge in [-0.15, -0.1) is 0 Å². The van der Waals surface area contributed by atoms with E-state index in [2.05, 4.69) is 31.3 Å². The molecule has 3 N–H and O–H groups in total. The largest absolute Gasteiger partial charge is 0.466 e. The minimum atomic E-state index is -0.662. The average Bonchev–Trinajstić information content (AvgIpc) is 3.43. The van der Waals surface area contributed by atoms with Crippen molar-refractivity contribution in [2.75, 3.05) is 13.2 Å². The highest BCUT2D eigenvalue weighted by Gasteiger charge is 2.20. The van der Waals surface area contributed by atoms with Crippen molar-refractivity contribution >= 4 is 11.9 Å². The van der Waals surface area contributed by atoms with Crippen molar-refractivity contribution in [3.8, 4) is 0 Å². The lowest BCUT2D eigenvalue weighted by atomic mass is 10.0. The number of esters is 1. The van der Waals surface area contributed by atoms with E-state index in [0.717, 1.165) is 38.5 Å². The average molecular weight is 1090 g/mol. The normalized spacial score (nSPS) is 12.5. The van der Waals surface area contributed by atoms with Crippen LogP contribution in [0, 0.1) is 0 Å². The molecule has 2 unspecified atom stereocenters. The molecular weight excluding hydrogens is 947 g/mol. The van der Waals surface area contributed by atoms with Gasteiger partial charge in [-0.3, -0.25) is 9.59 Å². The first-order valence-electron chi connectivity index (χ1n) is 35.4. The summed E-state index contributed by atoms with van der Waals surface area (Å²) < 4.78 is 5.51. The number of aliphatic hydroxyl groups excluding tert-OH is 2. The third-order valence-electron chi connectivity index (χ3n) is 16.8. The van der Waals surface area contributed by atoms with Gasteiger partial charge < -0.3 is 20.3 Å². The van der Waals surface area contributed by atoms with E-state index in [-0.39, 0.29) is 18.5 Å². The van der Waals surface area contributed by atoms with Gasteiger partial charge in [0, 0.05) is 12.8 Å². The number of hydrogen-bond donors (Lipinski definition) is 3. The lowest BCUT2D eigenvalue weighted by Crippen LogP contribution is -2.45. The van der Waals surface area contributed by atoms with Gasteiger partial charge in [0.15, 0.2) is 0 Å². The highest BCUT2D eigenvalue weighted by Crippen LogP contribution is 2.19. The summed E-state index contributed by atoms with van der Waals surface area (Å²) in [6.07, 6.45) is 82.7. The molecule has 2 atom stereocenters. The third-order valence-corrected chi connectivity index (χ3v) is 16.8. The van der Waals surface area contributed by atoms with Crippen molar-refractivity contribution in [1.82, 2.24) is 5.32 Å². The van der Waals surface area contributed by atoms with Gasteiger partial charge in [0.05, 0.1) is 25.4 Å². The number of aliphatic hydroxyl groups is 2. The van der Waals surface area contributed by atoms with E-state index in [0.29, 0.717) is 25.9 Å². The van der Waals surface area contributed by atoms with Crippen molar-refractivity contribution in [1.29, 1.82) is 0 Å². The minimum Gasteiger partial charge on any atom is -0.466 e. The first-order chi connectivity index (χ1) is 38.0. The number of hydrogen-bond acceptors (Lipinski definition) is 5. The molecule has 0 aromatic heterocycles. The summed E-state index contributed by atoms with van der Waals surface area (Å²) in [5.74, 6) is -0.00992. The molecule has 0 fully saturated rings. The molecule has 0 saturated heterocycles. The smallest absolute Gasteiger partial charge is 0.305 e. The molecule has 458 valence electrons. The molecule has 0 bridgehead atoms. The number of amides is 1. The van der Waals surface area contributed by atoms with Gasteiger partial charge >= 0.3 is 5.97 Å². The maximum atomic E-state index is 12.5. The molecule has 0 aliphatic rings. The highest BCUT2D eigenvalue weighted by atomic mass is 16.5. The van der Waals surface area contributed by atoms with Crippen LogP contribution in [0.1, 0.15) is 406 Å². The molecule has 0 aromatic carbocycles. The molecule has 0 aliphatic heterocycles. The Morgan fingerprint density at radius 3 is 0.922 bits per heavy atom. The Bertz CT molecular complexity index is 1160. The molecule has 0 aliphatic carbocycles. The van der Waals surface area contributed by atoms with Crippen LogP contribution in [-0.2, 0) is 14.3 Å². The predicted molar refractivity (Wildman–Crippen MR) is 338 cm³/mol. The van der Waals surface area contributed by atoms with Gasteiger partial charge in [-0.05, 0) is 51.4 Å². The monoisotopic (exact) mass is 1090 g/mol. The Hall–Kier alpha value is -1.40. The maximum absolute atomic E-state index is 12.5. The molecule has 0 saturated carbocycles. The zero-order valence-corrected chi connectivity index (χ0v) is 52.5. The Labute approximate surface area is 482 Å². The number of rotatable bonds is 67. The quantitative estimate of drug-likeness (QED) is 0.0320. The van der Waals surface area contributed by atoms with Crippen molar-refractivity contribution < 1.29 is 24.5 Å². The fourth-order valence-corrected chi connectivity index (χ4v) is 11.4. The van der Waals surface area contributed by atoms with E-state index in [9.17, 15) is 19.8 Å². The molecule has 0 radical (unpaired) electrons. The van der Waals surface area contributed by atoms with Gasteiger partial charge in [-0.25, -0.2) is 0 Å². The second-order valence-corrected chi connectivity index (χ2v) is 24.6. The van der Waals surface area contributed by atoms with E-state index in [1.807, 2.05) is 0 Å². The molecule has 6 nitrogen and oxygen atoms in total. The van der Waals surface area contributed by atoms with Crippen LogP contribution in [0.25, 0.3) is 0 Å². The summed E-state index contributed by atoms with van der Waals surface area (Å²) in [5, 5.41) is 23.3. The van der Waals surface area contributed by atoms with Gasteiger partial charge in [-0.1, -0.05) is 353 Å². The fraction of sp³-hybridized carbons (Fsp3) is 0.944. The third kappa shape index (κ3) is 63.6. The summed E-state index contributed by atoms with van der Waals surface area (Å²) in [6, 6.07) is -0.539. The van der Waals surface area contributed by atoms with Crippen LogP contribution in [0.5, 0.6) is 0 Å². The molecule has 6 heteroatoms. The Balaban J connectivity index is 3.33. The van der Waals surface area contributed by atoms with Crippen LogP contribution >= 0.6 is 0 Å². The molecule has 77 heavy (non-hydrogen) atoms. The molecule has 0 aromatic rings. The predicted octanol–water partition coefficient (Wildman–Crippen LogP) is 22.8. The van der Waals surface area contributed by atoms with Crippen molar-refractivity contribution in [3.63, 3.8) is 0 Å². The topological polar surface area (TPSA) is 95.9 Å². The zero-order valence-electron chi connectivity index (χ0n) is 52.5. The number of carbonyl (C=O) groups excluding carboxylic acids is 2. The van der Waals surface area contributed by atoms with Crippen LogP contribution in [0.2, 0.25) is 0 Å². The maximum Gasteiger partial charge on any atom is 0.305 e. The van der Waals surface area contributed by atoms with Crippen molar-refractivity contribution in [2.45, 2.75) is 418 Å². The van der Waals surface area contributed by atoms with E-state index < -0.39 is 12.1 Å². The molecule has 0 spiro atoms. The molecule has 1 amide bonds. The number of ether oxygens (including phenoxy) is 1. The standard InChI is InChI=1S/C71H139NO5/c1-3-5-7-9-11-13-15-17-18-19-34-37-41-45-49-53-57-61-65-71(76)77-66-62-58-54-50-46-42-38-35-32-30-28-26-24-22-20-21-23-25-27-29-31-33-36-40-44-48-52-56-60-64-70(75)72-68(67-73)69(74)63-59-55-51-47-43-39-16-14-12-10-8-6-4-2/h20,22,68-69,73-74H,3-19,21,23-67H2,1-2H3,(H,72,75)/b22-20-. The fourth-order valence-electron chi connectivity index (χ4n) is 11.4. The van der Waals surface area contributed by atoms with Crippen LogP contribution < -0.4 is 5.32 Å². The minimum absolute atomic E-state index is 0.0219. The SMILES string of the molecule is CCCCCCCCCCCCCCCCCCCCC(=O)OCCCCCCCCCCCCCC/C=C\CCCCCCCCCCCCCCCC(=O)NC(CO)C(O)CCCCCCCCCCCCCCC. The summed E-state index contributed by atoms with van der Waals surface area (Å²) in [5.41, 5.74) is 0. The van der Waals surface area contributed by atoms with Gasteiger partial charge in [0.25, 0.3) is 0 Å². The van der Waals surface area contributed by atoms with Crippen LogP contribution in [-0.4, -0.2) is 47.4 Å². The highest BCUT2D eigenvalue weighted by molar-refractivity contribution is 5.76. The van der Waals surface area contributed by atoms with Gasteiger partial charge in [-0.2, -0.15) is 0 Å².